The molecule has 0 spiro atoms. The molecular formula is C13H20NO. The molecule has 0 N–H and O–H groups in total. The minimum Gasteiger partial charge on any atom is -0.491 e. The van der Waals surface area contributed by atoms with Crippen molar-refractivity contribution < 1.29 is 4.74 Å². The van der Waals surface area contributed by atoms with Gasteiger partial charge in [-0.25, -0.2) is 0 Å². The Morgan fingerprint density at radius 1 is 1.47 bits per heavy atom. The van der Waals surface area contributed by atoms with Gasteiger partial charge >= 0.3 is 0 Å². The van der Waals surface area contributed by atoms with E-state index in [0.717, 1.165) is 17.7 Å². The molecule has 0 atom stereocenters. The molecule has 1 radical (unpaired) electrons. The van der Waals surface area contributed by atoms with Crippen LogP contribution in [0.15, 0.2) is 18.5 Å². The highest BCUT2D eigenvalue weighted by Crippen LogP contribution is 2.21. The molecule has 0 aliphatic heterocycles. The van der Waals surface area contributed by atoms with Crippen LogP contribution in [-0.2, 0) is 0 Å². The summed E-state index contributed by atoms with van der Waals surface area (Å²) in [7, 11) is 0. The smallest absolute Gasteiger partial charge is 0.126 e. The minimum absolute atomic E-state index is 0.214. The molecular weight excluding hydrogens is 186 g/mol. The average Bonchev–Trinajstić information content (AvgIpc) is 2.20. The molecule has 15 heavy (non-hydrogen) atoms. The van der Waals surface area contributed by atoms with E-state index in [1.165, 1.54) is 12.8 Å². The van der Waals surface area contributed by atoms with E-state index < -0.39 is 0 Å². The Balaban J connectivity index is 2.60. The highest BCUT2D eigenvalue weighted by molar-refractivity contribution is 5.35. The van der Waals surface area contributed by atoms with Gasteiger partial charge in [-0.1, -0.05) is 19.8 Å². The van der Waals surface area contributed by atoms with Crippen molar-refractivity contribution in [3.8, 4) is 5.75 Å². The maximum absolute atomic E-state index is 5.70. The van der Waals surface area contributed by atoms with Crippen LogP contribution in [0.5, 0.6) is 5.75 Å². The highest BCUT2D eigenvalue weighted by Gasteiger charge is 2.05. The van der Waals surface area contributed by atoms with Crippen LogP contribution in [-0.4, -0.2) is 11.1 Å². The van der Waals surface area contributed by atoms with Crippen molar-refractivity contribution in [2.45, 2.75) is 46.1 Å². The predicted molar refractivity (Wildman–Crippen MR) is 62.9 cm³/mol. The van der Waals surface area contributed by atoms with Crippen LogP contribution in [0, 0.1) is 6.42 Å². The topological polar surface area (TPSA) is 22.1 Å². The van der Waals surface area contributed by atoms with Crippen molar-refractivity contribution in [1.29, 1.82) is 0 Å². The van der Waals surface area contributed by atoms with Crippen LogP contribution in [0.1, 0.15) is 45.6 Å². The second-order valence-corrected chi connectivity index (χ2v) is 3.93. The predicted octanol–water partition coefficient (Wildman–Crippen LogP) is 3.61. The number of pyridine rings is 1. The number of nitrogens with zero attached hydrogens (tertiary/aromatic N) is 1. The lowest BCUT2D eigenvalue weighted by Crippen LogP contribution is -2.07. The first kappa shape index (κ1) is 12.0. The van der Waals surface area contributed by atoms with Gasteiger partial charge in [0.25, 0.3) is 0 Å². The molecule has 0 bridgehead atoms. The van der Waals surface area contributed by atoms with E-state index in [-0.39, 0.29) is 6.10 Å². The molecule has 1 aromatic heterocycles. The maximum Gasteiger partial charge on any atom is 0.126 e. The fraction of sp³-hybridized carbons (Fsp3) is 0.538. The van der Waals surface area contributed by atoms with Gasteiger partial charge < -0.3 is 4.74 Å². The lowest BCUT2D eigenvalue weighted by Gasteiger charge is -2.13. The third kappa shape index (κ3) is 4.32. The van der Waals surface area contributed by atoms with Gasteiger partial charge in [0.05, 0.1) is 6.10 Å². The first-order chi connectivity index (χ1) is 7.24. The van der Waals surface area contributed by atoms with Crippen molar-refractivity contribution in [3.63, 3.8) is 0 Å². The number of hydrogen-bond acceptors (Lipinski definition) is 2. The monoisotopic (exact) mass is 206 g/mol. The Labute approximate surface area is 92.7 Å². The van der Waals surface area contributed by atoms with E-state index in [0.29, 0.717) is 0 Å². The zero-order chi connectivity index (χ0) is 11.1. The van der Waals surface area contributed by atoms with Crippen LogP contribution >= 0.6 is 0 Å². The van der Waals surface area contributed by atoms with Gasteiger partial charge in [-0.05, 0) is 32.8 Å². The first-order valence-electron chi connectivity index (χ1n) is 5.68. The van der Waals surface area contributed by atoms with Crippen LogP contribution in [0.4, 0.5) is 0 Å². The number of rotatable bonds is 6. The maximum atomic E-state index is 5.70. The Hall–Kier alpha value is -1.05. The molecule has 1 heterocycles. The van der Waals surface area contributed by atoms with Crippen LogP contribution in [0.2, 0.25) is 0 Å². The van der Waals surface area contributed by atoms with Gasteiger partial charge in [0.2, 0.25) is 0 Å². The molecule has 1 aromatic rings. The summed E-state index contributed by atoms with van der Waals surface area (Å²) in [6.45, 7) is 6.27. The molecule has 0 aliphatic carbocycles. The largest absolute Gasteiger partial charge is 0.491 e. The lowest BCUT2D eigenvalue weighted by molar-refractivity contribution is 0.241. The standard InChI is InChI=1S/C13H20NO/c1-4-5-6-7-12-10-14-9-8-13(12)15-11(2)3/h7-11H,4-6H2,1-3H3. The summed E-state index contributed by atoms with van der Waals surface area (Å²) < 4.78 is 5.70. The third-order valence-corrected chi connectivity index (χ3v) is 2.09. The quantitative estimate of drug-likeness (QED) is 0.663. The molecule has 1 rings (SSSR count). The summed E-state index contributed by atoms with van der Waals surface area (Å²) in [4.78, 5) is 4.12. The number of unbranched alkanes of at least 4 members (excludes halogenated alkanes) is 2. The molecule has 0 unspecified atom stereocenters. The van der Waals surface area contributed by atoms with E-state index in [1.807, 2.05) is 26.1 Å². The van der Waals surface area contributed by atoms with E-state index >= 15 is 0 Å². The summed E-state index contributed by atoms with van der Waals surface area (Å²) in [6.07, 6.45) is 9.59. The van der Waals surface area contributed by atoms with E-state index in [4.69, 9.17) is 4.74 Å². The van der Waals surface area contributed by atoms with E-state index in [2.05, 4.69) is 18.3 Å². The second kappa shape index (κ2) is 6.44. The Morgan fingerprint density at radius 3 is 2.93 bits per heavy atom. The fourth-order valence-corrected chi connectivity index (χ4v) is 1.37. The molecule has 0 fully saturated rings. The van der Waals surface area contributed by atoms with Gasteiger partial charge in [-0.3, -0.25) is 4.98 Å². The van der Waals surface area contributed by atoms with Crippen LogP contribution in [0.25, 0.3) is 0 Å². The zero-order valence-electron chi connectivity index (χ0n) is 9.86. The summed E-state index contributed by atoms with van der Waals surface area (Å²) in [5, 5.41) is 0. The summed E-state index contributed by atoms with van der Waals surface area (Å²) in [5.41, 5.74) is 1.11. The van der Waals surface area contributed by atoms with Gasteiger partial charge in [0, 0.05) is 18.0 Å². The highest BCUT2D eigenvalue weighted by atomic mass is 16.5. The summed E-state index contributed by atoms with van der Waals surface area (Å²) in [6, 6.07) is 1.93. The molecule has 2 heteroatoms. The molecule has 0 aliphatic rings. The Bertz CT molecular complexity index is 284. The first-order valence-corrected chi connectivity index (χ1v) is 5.68. The number of ether oxygens (including phenoxy) is 1. The zero-order valence-corrected chi connectivity index (χ0v) is 9.86. The Kier molecular flexibility index (Phi) is 5.16. The molecule has 83 valence electrons. The van der Waals surface area contributed by atoms with Gasteiger partial charge in [-0.2, -0.15) is 0 Å². The molecule has 0 amide bonds. The third-order valence-electron chi connectivity index (χ3n) is 2.09. The number of hydrogen-bond donors (Lipinski definition) is 0. The summed E-state index contributed by atoms with van der Waals surface area (Å²) in [5.74, 6) is 0.941. The normalized spacial score (nSPS) is 10.7. The minimum atomic E-state index is 0.214. The Morgan fingerprint density at radius 2 is 2.27 bits per heavy atom. The van der Waals surface area contributed by atoms with Crippen molar-refractivity contribution in [2.24, 2.45) is 0 Å². The van der Waals surface area contributed by atoms with E-state index in [9.17, 15) is 0 Å². The van der Waals surface area contributed by atoms with Crippen molar-refractivity contribution in [2.75, 3.05) is 0 Å². The fourth-order valence-electron chi connectivity index (χ4n) is 1.37. The molecule has 2 nitrogen and oxygen atoms in total. The average molecular weight is 206 g/mol. The van der Waals surface area contributed by atoms with Crippen molar-refractivity contribution in [1.82, 2.24) is 4.98 Å². The van der Waals surface area contributed by atoms with E-state index in [1.54, 1.807) is 6.20 Å². The SMILES string of the molecule is CCCC[CH]c1cnccc1OC(C)C. The molecule has 0 saturated heterocycles. The lowest BCUT2D eigenvalue weighted by atomic mass is 10.1. The van der Waals surface area contributed by atoms with Gasteiger partial charge in [-0.15, -0.1) is 0 Å². The molecule has 0 saturated carbocycles. The summed E-state index contributed by atoms with van der Waals surface area (Å²) >= 11 is 0. The molecule has 0 aromatic carbocycles. The number of aromatic nitrogens is 1. The van der Waals surface area contributed by atoms with Gasteiger partial charge in [0.1, 0.15) is 5.75 Å². The van der Waals surface area contributed by atoms with Crippen molar-refractivity contribution >= 4 is 0 Å². The van der Waals surface area contributed by atoms with Crippen LogP contribution < -0.4 is 4.74 Å². The van der Waals surface area contributed by atoms with Crippen LogP contribution in [0.3, 0.4) is 0 Å². The van der Waals surface area contributed by atoms with Crippen molar-refractivity contribution in [3.05, 3.63) is 30.4 Å². The second-order valence-electron chi connectivity index (χ2n) is 3.93. The van der Waals surface area contributed by atoms with Gasteiger partial charge in [0.15, 0.2) is 0 Å².